The molecule has 2 aliphatic heterocycles. The average molecular weight is 448 g/mol. The van der Waals surface area contributed by atoms with Gasteiger partial charge in [-0.15, -0.1) is 0 Å². The molecule has 0 aromatic heterocycles. The number of halogens is 1. The second-order valence-electron chi connectivity index (χ2n) is 9.95. The van der Waals surface area contributed by atoms with E-state index in [0.717, 1.165) is 32.2 Å². The quantitative estimate of drug-likeness (QED) is 0.728. The Morgan fingerprint density at radius 2 is 1.72 bits per heavy atom. The van der Waals surface area contributed by atoms with Gasteiger partial charge in [0.2, 0.25) is 5.91 Å². The van der Waals surface area contributed by atoms with E-state index in [1.54, 1.807) is 4.90 Å². The number of β-amino-alcohol motifs (C(OH)–C–C–N with tert-alkyl or cyclic N) is 1. The number of aliphatic hydroxyl groups is 1. The van der Waals surface area contributed by atoms with Crippen LogP contribution in [0.4, 0.5) is 4.39 Å². The average Bonchev–Trinajstić information content (AvgIpc) is 2.77. The van der Waals surface area contributed by atoms with Gasteiger partial charge in [0.15, 0.2) is 0 Å². The van der Waals surface area contributed by atoms with Crippen LogP contribution in [-0.4, -0.2) is 82.0 Å². The molecule has 2 fully saturated rings. The molecule has 2 amide bonds. The molecule has 6 nitrogen and oxygen atoms in total. The van der Waals surface area contributed by atoms with Crippen LogP contribution in [0.2, 0.25) is 0 Å². The van der Waals surface area contributed by atoms with Crippen LogP contribution < -0.4 is 0 Å². The summed E-state index contributed by atoms with van der Waals surface area (Å²) in [6.45, 7) is 10.9. The first-order chi connectivity index (χ1) is 15.1. The fourth-order valence-corrected chi connectivity index (χ4v) is 5.08. The molecule has 0 bridgehead atoms. The molecule has 3 rings (SSSR count). The summed E-state index contributed by atoms with van der Waals surface area (Å²) in [6, 6.07) is 5.92. The van der Waals surface area contributed by atoms with Crippen LogP contribution in [0.3, 0.4) is 0 Å². The first-order valence-electron chi connectivity index (χ1n) is 11.9. The summed E-state index contributed by atoms with van der Waals surface area (Å²) in [5, 5.41) is 10.3. The van der Waals surface area contributed by atoms with Crippen LogP contribution in [0.15, 0.2) is 24.3 Å². The molecule has 32 heavy (non-hydrogen) atoms. The van der Waals surface area contributed by atoms with E-state index in [9.17, 15) is 19.1 Å². The third-order valence-electron chi connectivity index (χ3n) is 6.77. The number of rotatable bonds is 6. The van der Waals surface area contributed by atoms with Crippen molar-refractivity contribution in [3.05, 3.63) is 35.6 Å². The highest BCUT2D eigenvalue weighted by atomic mass is 19.1. The van der Waals surface area contributed by atoms with Crippen molar-refractivity contribution >= 4 is 11.8 Å². The molecule has 3 atom stereocenters. The zero-order valence-corrected chi connectivity index (χ0v) is 19.9. The number of hydrogen-bond acceptors (Lipinski definition) is 4. The van der Waals surface area contributed by atoms with E-state index < -0.39 is 5.60 Å². The Hall–Kier alpha value is -1.99. The fraction of sp³-hybridized carbons (Fsp3) is 0.680. The molecule has 7 heteroatoms. The highest BCUT2D eigenvalue weighted by molar-refractivity contribution is 5.94. The lowest BCUT2D eigenvalue weighted by atomic mass is 9.92. The Bertz CT molecular complexity index is 793. The molecule has 0 saturated carbocycles. The third-order valence-corrected chi connectivity index (χ3v) is 6.77. The van der Waals surface area contributed by atoms with Gasteiger partial charge in [0.25, 0.3) is 5.91 Å². The van der Waals surface area contributed by atoms with Crippen molar-refractivity contribution in [2.24, 2.45) is 5.92 Å². The van der Waals surface area contributed by atoms with E-state index in [1.165, 1.54) is 24.3 Å². The van der Waals surface area contributed by atoms with E-state index in [4.69, 9.17) is 0 Å². The summed E-state index contributed by atoms with van der Waals surface area (Å²) in [6.07, 6.45) is 3.34. The van der Waals surface area contributed by atoms with Crippen LogP contribution in [-0.2, 0) is 4.79 Å². The van der Waals surface area contributed by atoms with Crippen molar-refractivity contribution < 1.29 is 19.1 Å². The number of piperazine rings is 1. The maximum absolute atomic E-state index is 13.6. The molecule has 1 aromatic carbocycles. The van der Waals surface area contributed by atoms with Gasteiger partial charge in [0.05, 0.1) is 11.5 Å². The van der Waals surface area contributed by atoms with Crippen LogP contribution in [0.5, 0.6) is 0 Å². The molecule has 0 aliphatic carbocycles. The molecule has 2 heterocycles. The molecule has 2 saturated heterocycles. The Balaban J connectivity index is 1.69. The van der Waals surface area contributed by atoms with Crippen molar-refractivity contribution in [3.63, 3.8) is 0 Å². The number of piperidine rings is 1. The zero-order valence-electron chi connectivity index (χ0n) is 19.9. The first-order valence-corrected chi connectivity index (χ1v) is 11.9. The Kier molecular flexibility index (Phi) is 7.93. The van der Waals surface area contributed by atoms with Gasteiger partial charge < -0.3 is 14.9 Å². The summed E-state index contributed by atoms with van der Waals surface area (Å²) in [5.74, 6) is -0.584. The van der Waals surface area contributed by atoms with Crippen molar-refractivity contribution in [3.8, 4) is 0 Å². The minimum Gasteiger partial charge on any atom is -0.389 e. The molecule has 178 valence electrons. The zero-order chi connectivity index (χ0) is 23.5. The second kappa shape index (κ2) is 10.3. The maximum Gasteiger partial charge on any atom is 0.253 e. The molecule has 0 radical (unpaired) electrons. The van der Waals surface area contributed by atoms with Crippen molar-refractivity contribution in [2.75, 3.05) is 32.7 Å². The molecule has 0 unspecified atom stereocenters. The molecular formula is C25H38FN3O3. The normalized spacial score (nSPS) is 25.1. The van der Waals surface area contributed by atoms with E-state index in [1.807, 2.05) is 18.7 Å². The smallest absolute Gasteiger partial charge is 0.253 e. The Labute approximate surface area is 191 Å². The van der Waals surface area contributed by atoms with E-state index in [-0.39, 0.29) is 35.6 Å². The van der Waals surface area contributed by atoms with E-state index in [2.05, 4.69) is 18.7 Å². The lowest BCUT2D eigenvalue weighted by Gasteiger charge is -2.49. The number of benzene rings is 1. The predicted octanol–water partition coefficient (Wildman–Crippen LogP) is 3.15. The van der Waals surface area contributed by atoms with Crippen LogP contribution in [0, 0.1) is 11.7 Å². The number of nitrogens with zero attached hydrogens (tertiary/aromatic N) is 3. The lowest BCUT2D eigenvalue weighted by molar-refractivity contribution is -0.145. The molecule has 0 spiro atoms. The van der Waals surface area contributed by atoms with Crippen LogP contribution in [0.1, 0.15) is 63.7 Å². The Morgan fingerprint density at radius 3 is 2.31 bits per heavy atom. The highest BCUT2D eigenvalue weighted by Crippen LogP contribution is 2.27. The largest absolute Gasteiger partial charge is 0.389 e. The number of hydrogen-bond donors (Lipinski definition) is 1. The van der Waals surface area contributed by atoms with E-state index in [0.29, 0.717) is 31.7 Å². The Morgan fingerprint density at radius 1 is 1.06 bits per heavy atom. The van der Waals surface area contributed by atoms with Crippen LogP contribution >= 0.6 is 0 Å². The lowest BCUT2D eigenvalue weighted by Crippen LogP contribution is -2.63. The monoisotopic (exact) mass is 447 g/mol. The summed E-state index contributed by atoms with van der Waals surface area (Å²) in [5.41, 5.74) is -0.320. The standard InChI is InChI=1S/C25H38FN3O3/c1-5-21-16-29(22(6-2)15-28(21)17-25(3,4)32)24(31)19-8-7-13-27(14-19)23(30)18-9-11-20(26)12-10-18/h9-12,19,21-22,32H,5-8,13-17H2,1-4H3/t19-,21+,22-/m0/s1. The van der Waals surface area contributed by atoms with E-state index >= 15 is 0 Å². The molecular weight excluding hydrogens is 409 g/mol. The summed E-state index contributed by atoms with van der Waals surface area (Å²) in [7, 11) is 0. The minimum absolute atomic E-state index is 0.107. The number of carbonyl (C=O) groups is 2. The van der Waals surface area contributed by atoms with Gasteiger partial charge in [-0.1, -0.05) is 13.8 Å². The molecule has 1 aromatic rings. The topological polar surface area (TPSA) is 64.1 Å². The SMILES string of the molecule is CC[C@@H]1CN(C(=O)[C@H]2CCCN(C(=O)c3ccc(F)cc3)C2)[C@@H](CC)CN1CC(C)(C)O. The summed E-state index contributed by atoms with van der Waals surface area (Å²) in [4.78, 5) is 32.6. The maximum atomic E-state index is 13.6. The fourth-order valence-electron chi connectivity index (χ4n) is 5.08. The molecule has 1 N–H and O–H groups in total. The number of carbonyl (C=O) groups excluding carboxylic acids is 2. The second-order valence-corrected chi connectivity index (χ2v) is 9.95. The van der Waals surface area contributed by atoms with Crippen molar-refractivity contribution in [1.29, 1.82) is 0 Å². The van der Waals surface area contributed by atoms with Crippen molar-refractivity contribution in [2.45, 2.75) is 71.1 Å². The summed E-state index contributed by atoms with van der Waals surface area (Å²) < 4.78 is 13.2. The van der Waals surface area contributed by atoms with Gasteiger partial charge in [0.1, 0.15) is 5.82 Å². The number of likely N-dealkylation sites (tertiary alicyclic amines) is 1. The number of amides is 2. The van der Waals surface area contributed by atoms with Gasteiger partial charge in [0, 0.05) is 50.4 Å². The van der Waals surface area contributed by atoms with Gasteiger partial charge in [-0.05, 0) is 63.8 Å². The van der Waals surface area contributed by atoms with Gasteiger partial charge in [-0.25, -0.2) is 4.39 Å². The van der Waals surface area contributed by atoms with Crippen LogP contribution in [0.25, 0.3) is 0 Å². The molecule has 2 aliphatic rings. The first kappa shape index (κ1) is 24.6. The summed E-state index contributed by atoms with van der Waals surface area (Å²) >= 11 is 0. The van der Waals surface area contributed by atoms with Crippen molar-refractivity contribution in [1.82, 2.24) is 14.7 Å². The van der Waals surface area contributed by atoms with Gasteiger partial charge in [-0.3, -0.25) is 14.5 Å². The third kappa shape index (κ3) is 5.87. The predicted molar refractivity (Wildman–Crippen MR) is 123 cm³/mol. The minimum atomic E-state index is -0.775. The van der Waals surface area contributed by atoms with Gasteiger partial charge in [-0.2, -0.15) is 0 Å². The van der Waals surface area contributed by atoms with Gasteiger partial charge >= 0.3 is 0 Å². The highest BCUT2D eigenvalue weighted by Gasteiger charge is 2.40.